The van der Waals surface area contributed by atoms with Gasteiger partial charge in [0.15, 0.2) is 0 Å². The number of hydrogen-bond acceptors (Lipinski definition) is 3. The number of amides is 1. The van der Waals surface area contributed by atoms with Crippen molar-refractivity contribution in [1.29, 1.82) is 0 Å². The van der Waals surface area contributed by atoms with Crippen LogP contribution in [0.4, 0.5) is 4.79 Å². The van der Waals surface area contributed by atoms with Crippen molar-refractivity contribution in [2.45, 2.75) is 13.0 Å². The molecule has 0 saturated carbocycles. The molecule has 0 radical (unpaired) electrons. The molecule has 0 aliphatic heterocycles. The molecule has 0 atom stereocenters. The van der Waals surface area contributed by atoms with Crippen LogP contribution >= 0.6 is 11.6 Å². The maximum atomic E-state index is 11.6. The van der Waals surface area contributed by atoms with Crippen LogP contribution in [-0.4, -0.2) is 23.7 Å². The second-order valence-electron chi connectivity index (χ2n) is 5.22. The van der Waals surface area contributed by atoms with Gasteiger partial charge in [-0.25, -0.2) is 9.59 Å². The molecule has 0 spiro atoms. The third-order valence-corrected chi connectivity index (χ3v) is 3.68. The molecule has 0 heterocycles. The van der Waals surface area contributed by atoms with Crippen molar-refractivity contribution in [3.05, 3.63) is 76.3 Å². The number of carboxylic acid groups (broad SMARTS) is 1. The van der Waals surface area contributed by atoms with E-state index in [9.17, 15) is 9.59 Å². The third kappa shape index (κ3) is 6.31. The summed E-state index contributed by atoms with van der Waals surface area (Å²) in [7, 11) is 0. The van der Waals surface area contributed by atoms with E-state index in [0.29, 0.717) is 23.6 Å². The van der Waals surface area contributed by atoms with Crippen molar-refractivity contribution in [2.24, 2.45) is 0 Å². The van der Waals surface area contributed by atoms with Gasteiger partial charge in [0.1, 0.15) is 6.61 Å². The largest absolute Gasteiger partial charge is 0.478 e. The highest BCUT2D eigenvalue weighted by molar-refractivity contribution is 6.32. The molecule has 0 aromatic heterocycles. The average Bonchev–Trinajstić information content (AvgIpc) is 2.61. The summed E-state index contributed by atoms with van der Waals surface area (Å²) >= 11 is 6.03. The van der Waals surface area contributed by atoms with Crippen molar-refractivity contribution >= 4 is 29.7 Å². The molecule has 0 bridgehead atoms. The lowest BCUT2D eigenvalue weighted by Crippen LogP contribution is -2.24. The summed E-state index contributed by atoms with van der Waals surface area (Å²) in [6.45, 7) is 0.625. The van der Waals surface area contributed by atoms with Crippen LogP contribution in [0.3, 0.4) is 0 Å². The monoisotopic (exact) mass is 359 g/mol. The van der Waals surface area contributed by atoms with Gasteiger partial charge in [-0.1, -0.05) is 54.1 Å². The number of benzene rings is 2. The summed E-state index contributed by atoms with van der Waals surface area (Å²) in [6.07, 6.45) is 3.62. The highest BCUT2D eigenvalue weighted by Gasteiger charge is 2.05. The highest BCUT2D eigenvalue weighted by Crippen LogP contribution is 2.19. The molecule has 0 aliphatic carbocycles. The van der Waals surface area contributed by atoms with Gasteiger partial charge < -0.3 is 15.2 Å². The second kappa shape index (κ2) is 9.49. The van der Waals surface area contributed by atoms with Crippen LogP contribution in [0.15, 0.2) is 54.6 Å². The Kier molecular flexibility index (Phi) is 7.04. The molecule has 1 amide bonds. The lowest BCUT2D eigenvalue weighted by Gasteiger charge is -2.06. The predicted molar refractivity (Wildman–Crippen MR) is 96.7 cm³/mol. The average molecular weight is 360 g/mol. The first-order valence-electron chi connectivity index (χ1n) is 7.70. The van der Waals surface area contributed by atoms with Gasteiger partial charge in [-0.15, -0.1) is 0 Å². The Morgan fingerprint density at radius 3 is 2.64 bits per heavy atom. The first-order chi connectivity index (χ1) is 12.1. The van der Waals surface area contributed by atoms with E-state index in [1.165, 1.54) is 12.1 Å². The molecule has 2 rings (SSSR count). The van der Waals surface area contributed by atoms with Crippen molar-refractivity contribution < 1.29 is 19.4 Å². The fraction of sp³-hybridized carbons (Fsp3) is 0.158. The number of aromatic carboxylic acids is 1. The molecule has 0 aliphatic rings. The normalized spacial score (nSPS) is 10.6. The summed E-state index contributed by atoms with van der Waals surface area (Å²) in [5, 5.41) is 12.1. The fourth-order valence-electron chi connectivity index (χ4n) is 2.05. The number of carbonyl (C=O) groups is 2. The Balaban J connectivity index is 1.73. The Hall–Kier alpha value is -2.79. The molecular weight excluding hydrogens is 342 g/mol. The molecule has 2 N–H and O–H groups in total. The summed E-state index contributed by atoms with van der Waals surface area (Å²) in [4.78, 5) is 22.5. The molecule has 130 valence electrons. The number of carboxylic acids is 1. The van der Waals surface area contributed by atoms with E-state index in [1.807, 2.05) is 36.4 Å². The number of halogens is 1. The molecule has 2 aromatic rings. The zero-order chi connectivity index (χ0) is 18.1. The van der Waals surface area contributed by atoms with Gasteiger partial charge in [0.2, 0.25) is 0 Å². The number of alkyl carbamates (subject to hydrolysis) is 1. The maximum Gasteiger partial charge on any atom is 0.407 e. The van der Waals surface area contributed by atoms with Gasteiger partial charge in [-0.3, -0.25) is 0 Å². The van der Waals surface area contributed by atoms with Gasteiger partial charge in [0.25, 0.3) is 0 Å². The third-order valence-electron chi connectivity index (χ3n) is 3.33. The van der Waals surface area contributed by atoms with Gasteiger partial charge >= 0.3 is 12.1 Å². The van der Waals surface area contributed by atoms with Crippen LogP contribution in [-0.2, 0) is 11.3 Å². The predicted octanol–water partition coefficient (Wildman–Crippen LogP) is 4.37. The topological polar surface area (TPSA) is 75.6 Å². The van der Waals surface area contributed by atoms with E-state index in [4.69, 9.17) is 21.4 Å². The fourth-order valence-corrected chi connectivity index (χ4v) is 2.23. The number of carbonyl (C=O) groups excluding carboxylic acids is 1. The summed E-state index contributed by atoms with van der Waals surface area (Å²) in [5.41, 5.74) is 1.71. The van der Waals surface area contributed by atoms with Crippen molar-refractivity contribution in [2.75, 3.05) is 6.54 Å². The van der Waals surface area contributed by atoms with Crippen LogP contribution in [0.25, 0.3) is 6.08 Å². The van der Waals surface area contributed by atoms with Gasteiger partial charge in [-0.2, -0.15) is 0 Å². The standard InChI is InChI=1S/C19H18ClNO4/c20-17-10-9-16(18(22)23)12-15(17)8-4-5-11-21-19(24)25-13-14-6-2-1-3-7-14/h1-4,6-10,12H,5,11,13H2,(H,21,24)(H,22,23). The van der Waals surface area contributed by atoms with Crippen LogP contribution in [0.2, 0.25) is 5.02 Å². The van der Waals surface area contributed by atoms with E-state index < -0.39 is 12.1 Å². The minimum absolute atomic E-state index is 0.173. The zero-order valence-corrected chi connectivity index (χ0v) is 14.2. The first-order valence-corrected chi connectivity index (χ1v) is 8.08. The number of ether oxygens (including phenoxy) is 1. The minimum atomic E-state index is -1.01. The molecule has 5 nitrogen and oxygen atoms in total. The smallest absolute Gasteiger partial charge is 0.407 e. The highest BCUT2D eigenvalue weighted by atomic mass is 35.5. The molecular formula is C19H18ClNO4. The molecule has 25 heavy (non-hydrogen) atoms. The first kappa shape index (κ1) is 18.5. The molecule has 6 heteroatoms. The second-order valence-corrected chi connectivity index (χ2v) is 5.63. The lowest BCUT2D eigenvalue weighted by molar-refractivity contribution is 0.0696. The minimum Gasteiger partial charge on any atom is -0.478 e. The Bertz CT molecular complexity index is 759. The number of nitrogens with one attached hydrogen (secondary N) is 1. The quantitative estimate of drug-likeness (QED) is 0.720. The van der Waals surface area contributed by atoms with Crippen molar-refractivity contribution in [3.63, 3.8) is 0 Å². The summed E-state index contributed by atoms with van der Waals surface area (Å²) < 4.78 is 5.09. The van der Waals surface area contributed by atoms with Gasteiger partial charge in [0, 0.05) is 11.6 Å². The van der Waals surface area contributed by atoms with Crippen molar-refractivity contribution in [1.82, 2.24) is 5.32 Å². The Labute approximate surface area is 150 Å². The number of hydrogen-bond donors (Lipinski definition) is 2. The maximum absolute atomic E-state index is 11.6. The van der Waals surface area contributed by atoms with Crippen LogP contribution in [0.5, 0.6) is 0 Å². The van der Waals surface area contributed by atoms with E-state index >= 15 is 0 Å². The Morgan fingerprint density at radius 2 is 1.92 bits per heavy atom. The SMILES string of the molecule is O=C(NCCC=Cc1cc(C(=O)O)ccc1Cl)OCc1ccccc1. The Morgan fingerprint density at radius 1 is 1.16 bits per heavy atom. The molecule has 0 fully saturated rings. The van der Waals surface area contributed by atoms with E-state index in [1.54, 1.807) is 12.1 Å². The van der Waals surface area contributed by atoms with E-state index in [-0.39, 0.29) is 12.2 Å². The van der Waals surface area contributed by atoms with Crippen molar-refractivity contribution in [3.8, 4) is 0 Å². The van der Waals surface area contributed by atoms with Gasteiger partial charge in [-0.05, 0) is 35.7 Å². The lowest BCUT2D eigenvalue weighted by atomic mass is 10.1. The van der Waals surface area contributed by atoms with E-state index in [0.717, 1.165) is 5.56 Å². The zero-order valence-electron chi connectivity index (χ0n) is 13.4. The summed E-state index contributed by atoms with van der Waals surface area (Å²) in [5.74, 6) is -1.01. The van der Waals surface area contributed by atoms with Crippen LogP contribution in [0, 0.1) is 0 Å². The summed E-state index contributed by atoms with van der Waals surface area (Å²) in [6, 6.07) is 13.9. The van der Waals surface area contributed by atoms with Crippen LogP contribution < -0.4 is 5.32 Å². The molecule has 2 aromatic carbocycles. The van der Waals surface area contributed by atoms with Crippen LogP contribution in [0.1, 0.15) is 27.9 Å². The molecule has 0 saturated heterocycles. The number of rotatable bonds is 7. The van der Waals surface area contributed by atoms with Gasteiger partial charge in [0.05, 0.1) is 5.56 Å². The van der Waals surface area contributed by atoms with E-state index in [2.05, 4.69) is 5.32 Å². The molecule has 0 unspecified atom stereocenters.